The summed E-state index contributed by atoms with van der Waals surface area (Å²) in [5.74, 6) is 7.19. The number of rotatable bonds is 5. The molecule has 1 atom stereocenters. The van der Waals surface area contributed by atoms with Crippen LogP contribution in [0.1, 0.15) is 31.2 Å². The summed E-state index contributed by atoms with van der Waals surface area (Å²) in [4.78, 5) is 0. The molecule has 102 valence electrons. The van der Waals surface area contributed by atoms with Gasteiger partial charge in [-0.25, -0.2) is 5.43 Å². The number of nitrogens with two attached hydrogens (primary N) is 1. The second-order valence-corrected chi connectivity index (χ2v) is 5.23. The zero-order valence-electron chi connectivity index (χ0n) is 10.9. The summed E-state index contributed by atoms with van der Waals surface area (Å²) in [6.07, 6.45) is 0.0999. The van der Waals surface area contributed by atoms with Gasteiger partial charge in [0.1, 0.15) is 17.6 Å². The lowest BCUT2D eigenvalue weighted by atomic mass is 10.0. The summed E-state index contributed by atoms with van der Waals surface area (Å²) in [6.45, 7) is 3.98. The smallest absolute Gasteiger partial charge is 0.169 e. The summed E-state index contributed by atoms with van der Waals surface area (Å²) < 4.78 is 12.0. The number of para-hydroxylation sites is 1. The van der Waals surface area contributed by atoms with Gasteiger partial charge in [0.25, 0.3) is 0 Å². The van der Waals surface area contributed by atoms with Crippen molar-refractivity contribution in [2.24, 2.45) is 5.84 Å². The molecule has 1 unspecified atom stereocenters. The average Bonchev–Trinajstić information content (AvgIpc) is 2.78. The van der Waals surface area contributed by atoms with Crippen molar-refractivity contribution in [1.29, 1.82) is 0 Å². The minimum atomic E-state index is -0.249. The summed E-state index contributed by atoms with van der Waals surface area (Å²) in [5.41, 5.74) is 3.71. The van der Waals surface area contributed by atoms with Gasteiger partial charge in [0, 0.05) is 5.56 Å². The van der Waals surface area contributed by atoms with E-state index in [4.69, 9.17) is 15.0 Å². The van der Waals surface area contributed by atoms with E-state index in [0.29, 0.717) is 4.67 Å². The van der Waals surface area contributed by atoms with Crippen LogP contribution in [0.15, 0.2) is 45.5 Å². The first-order chi connectivity index (χ1) is 9.11. The van der Waals surface area contributed by atoms with Crippen LogP contribution in [-0.2, 0) is 0 Å². The average molecular weight is 325 g/mol. The lowest BCUT2D eigenvalue weighted by Gasteiger charge is -2.19. The molecule has 0 saturated heterocycles. The monoisotopic (exact) mass is 324 g/mol. The molecule has 19 heavy (non-hydrogen) atoms. The first kappa shape index (κ1) is 14.1. The molecule has 0 aliphatic rings. The standard InChI is InChI=1S/C14H17BrN2O2/c1-9(2)18-11-6-4-3-5-10(11)14(17-16)12-7-8-13(15)19-12/h3-9,14,17H,16H2,1-2H3. The van der Waals surface area contributed by atoms with Crippen molar-refractivity contribution < 1.29 is 9.15 Å². The van der Waals surface area contributed by atoms with Gasteiger partial charge in [0.15, 0.2) is 4.67 Å². The van der Waals surface area contributed by atoms with Crippen molar-refractivity contribution in [3.8, 4) is 5.75 Å². The van der Waals surface area contributed by atoms with Crippen molar-refractivity contribution in [3.63, 3.8) is 0 Å². The van der Waals surface area contributed by atoms with E-state index in [-0.39, 0.29) is 12.1 Å². The second-order valence-electron chi connectivity index (χ2n) is 4.45. The van der Waals surface area contributed by atoms with Gasteiger partial charge >= 0.3 is 0 Å². The van der Waals surface area contributed by atoms with Crippen molar-refractivity contribution in [2.45, 2.75) is 26.0 Å². The highest BCUT2D eigenvalue weighted by Gasteiger charge is 2.20. The fraction of sp³-hybridized carbons (Fsp3) is 0.286. The Balaban J connectivity index is 2.38. The van der Waals surface area contributed by atoms with Gasteiger partial charge in [0.2, 0.25) is 0 Å². The molecule has 4 nitrogen and oxygen atoms in total. The summed E-state index contributed by atoms with van der Waals surface area (Å²) in [7, 11) is 0. The first-order valence-corrected chi connectivity index (χ1v) is 6.88. The molecule has 2 aromatic rings. The second kappa shape index (κ2) is 6.23. The fourth-order valence-electron chi connectivity index (χ4n) is 1.89. The van der Waals surface area contributed by atoms with Crippen LogP contribution >= 0.6 is 15.9 Å². The van der Waals surface area contributed by atoms with Crippen LogP contribution in [0.25, 0.3) is 0 Å². The SMILES string of the molecule is CC(C)Oc1ccccc1C(NN)c1ccc(Br)o1. The summed E-state index contributed by atoms with van der Waals surface area (Å²) in [6, 6.07) is 11.3. The molecule has 1 aromatic heterocycles. The van der Waals surface area contributed by atoms with E-state index in [1.54, 1.807) is 0 Å². The van der Waals surface area contributed by atoms with E-state index in [2.05, 4.69) is 21.4 Å². The van der Waals surface area contributed by atoms with Gasteiger partial charge in [-0.1, -0.05) is 18.2 Å². The third-order valence-electron chi connectivity index (χ3n) is 2.64. The first-order valence-electron chi connectivity index (χ1n) is 6.08. The molecule has 2 rings (SSSR count). The largest absolute Gasteiger partial charge is 0.491 e. The van der Waals surface area contributed by atoms with Gasteiger partial charge in [-0.05, 0) is 48.0 Å². The van der Waals surface area contributed by atoms with Crippen LogP contribution in [-0.4, -0.2) is 6.10 Å². The van der Waals surface area contributed by atoms with Crippen molar-refractivity contribution in [2.75, 3.05) is 0 Å². The summed E-state index contributed by atoms with van der Waals surface area (Å²) >= 11 is 3.29. The Hall–Kier alpha value is -1.30. The highest BCUT2D eigenvalue weighted by molar-refractivity contribution is 9.10. The Morgan fingerprint density at radius 2 is 1.95 bits per heavy atom. The van der Waals surface area contributed by atoms with E-state index < -0.39 is 0 Å². The lowest BCUT2D eigenvalue weighted by molar-refractivity contribution is 0.237. The number of hydrazine groups is 1. The predicted molar refractivity (Wildman–Crippen MR) is 77.8 cm³/mol. The van der Waals surface area contributed by atoms with Gasteiger partial charge in [0.05, 0.1) is 6.10 Å². The summed E-state index contributed by atoms with van der Waals surface area (Å²) in [5, 5.41) is 0. The maximum atomic E-state index is 5.81. The Morgan fingerprint density at radius 1 is 1.21 bits per heavy atom. The van der Waals surface area contributed by atoms with Crippen LogP contribution < -0.4 is 16.0 Å². The predicted octanol–water partition coefficient (Wildman–Crippen LogP) is 3.38. The van der Waals surface area contributed by atoms with Gasteiger partial charge in [-0.3, -0.25) is 5.84 Å². The number of benzene rings is 1. The Morgan fingerprint density at radius 3 is 2.53 bits per heavy atom. The maximum absolute atomic E-state index is 5.81. The molecular weight excluding hydrogens is 308 g/mol. The molecule has 1 heterocycles. The van der Waals surface area contributed by atoms with Crippen LogP contribution in [0.4, 0.5) is 0 Å². The molecular formula is C14H17BrN2O2. The quantitative estimate of drug-likeness (QED) is 0.653. The van der Waals surface area contributed by atoms with Crippen LogP contribution in [0.5, 0.6) is 5.75 Å². The van der Waals surface area contributed by atoms with E-state index >= 15 is 0 Å². The minimum absolute atomic E-state index is 0.0999. The molecule has 1 aromatic carbocycles. The molecule has 0 aliphatic carbocycles. The van der Waals surface area contributed by atoms with E-state index in [1.807, 2.05) is 50.2 Å². The highest BCUT2D eigenvalue weighted by atomic mass is 79.9. The van der Waals surface area contributed by atoms with Gasteiger partial charge < -0.3 is 9.15 Å². The van der Waals surface area contributed by atoms with E-state index in [0.717, 1.165) is 17.1 Å². The molecule has 0 radical (unpaired) electrons. The number of hydrogen-bond donors (Lipinski definition) is 2. The molecule has 0 fully saturated rings. The number of furan rings is 1. The highest BCUT2D eigenvalue weighted by Crippen LogP contribution is 2.31. The van der Waals surface area contributed by atoms with E-state index in [9.17, 15) is 0 Å². The van der Waals surface area contributed by atoms with Crippen LogP contribution in [0, 0.1) is 0 Å². The topological polar surface area (TPSA) is 60.4 Å². The Kier molecular flexibility index (Phi) is 4.63. The molecule has 5 heteroatoms. The molecule has 0 bridgehead atoms. The molecule has 0 saturated carbocycles. The lowest BCUT2D eigenvalue weighted by Crippen LogP contribution is -2.29. The normalized spacial score (nSPS) is 12.7. The van der Waals surface area contributed by atoms with E-state index in [1.165, 1.54) is 0 Å². The molecule has 0 spiro atoms. The Bertz CT molecular complexity index is 540. The fourth-order valence-corrected chi connectivity index (χ4v) is 2.21. The minimum Gasteiger partial charge on any atom is -0.491 e. The van der Waals surface area contributed by atoms with Gasteiger partial charge in [-0.2, -0.15) is 0 Å². The number of hydrogen-bond acceptors (Lipinski definition) is 4. The molecule has 3 N–H and O–H groups in total. The van der Waals surface area contributed by atoms with Crippen LogP contribution in [0.3, 0.4) is 0 Å². The van der Waals surface area contributed by atoms with Crippen molar-refractivity contribution >= 4 is 15.9 Å². The zero-order valence-corrected chi connectivity index (χ0v) is 12.5. The number of halogens is 1. The number of nitrogens with one attached hydrogen (secondary N) is 1. The van der Waals surface area contributed by atoms with Gasteiger partial charge in [-0.15, -0.1) is 0 Å². The van der Waals surface area contributed by atoms with Crippen molar-refractivity contribution in [3.05, 3.63) is 52.4 Å². The molecule has 0 amide bonds. The van der Waals surface area contributed by atoms with Crippen molar-refractivity contribution in [1.82, 2.24) is 5.43 Å². The Labute approximate surface area is 121 Å². The van der Waals surface area contributed by atoms with Crippen LogP contribution in [0.2, 0.25) is 0 Å². The third-order valence-corrected chi connectivity index (χ3v) is 3.06. The maximum Gasteiger partial charge on any atom is 0.169 e. The third kappa shape index (κ3) is 3.37. The molecule has 0 aliphatic heterocycles. The number of ether oxygens (including phenoxy) is 1. The zero-order chi connectivity index (χ0) is 13.8.